The van der Waals surface area contributed by atoms with E-state index in [9.17, 15) is 9.59 Å². The maximum absolute atomic E-state index is 12.5. The Labute approximate surface area is 164 Å². The zero-order chi connectivity index (χ0) is 19.2. The highest BCUT2D eigenvalue weighted by molar-refractivity contribution is 6.33. The Balaban J connectivity index is 1.63. The van der Waals surface area contributed by atoms with Crippen molar-refractivity contribution in [2.24, 2.45) is 11.7 Å². The van der Waals surface area contributed by atoms with Crippen molar-refractivity contribution in [2.45, 2.75) is 38.8 Å². The van der Waals surface area contributed by atoms with Gasteiger partial charge in [-0.3, -0.25) is 9.59 Å². The molecule has 0 unspecified atom stereocenters. The first-order valence-electron chi connectivity index (χ1n) is 9.23. The van der Waals surface area contributed by atoms with Gasteiger partial charge in [-0.25, -0.2) is 0 Å². The number of carbonyl (C=O) groups excluding carboxylic acids is 2. The van der Waals surface area contributed by atoms with Crippen molar-refractivity contribution in [2.75, 3.05) is 5.32 Å². The highest BCUT2D eigenvalue weighted by Crippen LogP contribution is 2.28. The van der Waals surface area contributed by atoms with Crippen LogP contribution in [0.25, 0.3) is 0 Å². The van der Waals surface area contributed by atoms with Crippen molar-refractivity contribution in [3.8, 4) is 0 Å². The number of carbonyl (C=O) groups is 2. The first-order valence-corrected chi connectivity index (χ1v) is 9.61. The van der Waals surface area contributed by atoms with Gasteiger partial charge in [0.1, 0.15) is 0 Å². The monoisotopic (exact) mass is 385 g/mol. The second-order valence-corrected chi connectivity index (χ2v) is 7.28. The van der Waals surface area contributed by atoms with E-state index >= 15 is 0 Å². The Morgan fingerprint density at radius 3 is 2.37 bits per heavy atom. The molecule has 0 aliphatic heterocycles. The summed E-state index contributed by atoms with van der Waals surface area (Å²) in [6, 6.07) is 12.7. The van der Waals surface area contributed by atoms with Gasteiger partial charge in [-0.05, 0) is 42.2 Å². The lowest BCUT2D eigenvalue weighted by molar-refractivity contribution is -0.119. The maximum Gasteiger partial charge on any atom is 0.251 e. The number of amides is 2. The van der Waals surface area contributed by atoms with Gasteiger partial charge in [0.05, 0.1) is 10.7 Å². The molecule has 142 valence electrons. The zero-order valence-corrected chi connectivity index (χ0v) is 15.9. The highest BCUT2D eigenvalue weighted by Gasteiger charge is 2.23. The average molecular weight is 386 g/mol. The van der Waals surface area contributed by atoms with Gasteiger partial charge in [-0.1, -0.05) is 48.7 Å². The van der Waals surface area contributed by atoms with Crippen LogP contribution < -0.4 is 16.4 Å². The minimum Gasteiger partial charge on any atom is -0.348 e. The minimum atomic E-state index is -0.217. The molecule has 1 fully saturated rings. The largest absolute Gasteiger partial charge is 0.348 e. The molecule has 1 aliphatic carbocycles. The summed E-state index contributed by atoms with van der Waals surface area (Å²) < 4.78 is 0. The van der Waals surface area contributed by atoms with Gasteiger partial charge < -0.3 is 16.4 Å². The SMILES string of the molecule is NCc1ccc(CNC(=O)c2ccc(Cl)c(NC(=O)C3CCCC3)c2)cc1. The Morgan fingerprint density at radius 1 is 1.04 bits per heavy atom. The van der Waals surface area contributed by atoms with Gasteiger partial charge in [0.15, 0.2) is 0 Å². The summed E-state index contributed by atoms with van der Waals surface area (Å²) >= 11 is 6.20. The van der Waals surface area contributed by atoms with E-state index in [0.717, 1.165) is 36.8 Å². The lowest BCUT2D eigenvalue weighted by Gasteiger charge is -2.13. The van der Waals surface area contributed by atoms with E-state index in [1.165, 1.54) is 0 Å². The highest BCUT2D eigenvalue weighted by atomic mass is 35.5. The van der Waals surface area contributed by atoms with Gasteiger partial charge >= 0.3 is 0 Å². The summed E-state index contributed by atoms with van der Waals surface area (Å²) in [4.78, 5) is 24.8. The third-order valence-corrected chi connectivity index (χ3v) is 5.25. The number of rotatable bonds is 6. The lowest BCUT2D eigenvalue weighted by atomic mass is 10.1. The number of nitrogens with two attached hydrogens (primary N) is 1. The van der Waals surface area contributed by atoms with Gasteiger partial charge in [0, 0.05) is 24.6 Å². The van der Waals surface area contributed by atoms with E-state index in [0.29, 0.717) is 29.4 Å². The lowest BCUT2D eigenvalue weighted by Crippen LogP contribution is -2.24. The molecule has 0 heterocycles. The summed E-state index contributed by atoms with van der Waals surface area (Å²) in [6.45, 7) is 0.906. The fourth-order valence-corrected chi connectivity index (χ4v) is 3.43. The van der Waals surface area contributed by atoms with Gasteiger partial charge in [-0.15, -0.1) is 0 Å². The second kappa shape index (κ2) is 9.02. The summed E-state index contributed by atoms with van der Waals surface area (Å²) in [5.41, 5.74) is 8.56. The van der Waals surface area contributed by atoms with Crippen LogP contribution in [-0.2, 0) is 17.9 Å². The minimum absolute atomic E-state index is 0.0213. The summed E-state index contributed by atoms with van der Waals surface area (Å²) in [7, 11) is 0. The van der Waals surface area contributed by atoms with E-state index < -0.39 is 0 Å². The first-order chi connectivity index (χ1) is 13.1. The molecule has 27 heavy (non-hydrogen) atoms. The van der Waals surface area contributed by atoms with E-state index in [1.807, 2.05) is 24.3 Å². The molecule has 2 aromatic carbocycles. The molecule has 1 saturated carbocycles. The number of halogens is 1. The Kier molecular flexibility index (Phi) is 6.48. The molecular weight excluding hydrogens is 362 g/mol. The smallest absolute Gasteiger partial charge is 0.251 e. The third-order valence-electron chi connectivity index (χ3n) is 4.92. The van der Waals surface area contributed by atoms with E-state index in [1.54, 1.807) is 18.2 Å². The molecule has 2 amide bonds. The molecule has 0 bridgehead atoms. The fourth-order valence-electron chi connectivity index (χ4n) is 3.26. The predicted molar refractivity (Wildman–Crippen MR) is 108 cm³/mol. The van der Waals surface area contributed by atoms with Crippen LogP contribution in [0.4, 0.5) is 5.69 Å². The standard InChI is InChI=1S/C21H24ClN3O2/c22-18-10-9-17(11-19(18)25-21(27)16-3-1-2-4-16)20(26)24-13-15-7-5-14(12-23)6-8-15/h5-11,16H,1-4,12-13,23H2,(H,24,26)(H,25,27). The summed E-state index contributed by atoms with van der Waals surface area (Å²) in [5, 5.41) is 6.18. The van der Waals surface area contributed by atoms with Gasteiger partial charge in [-0.2, -0.15) is 0 Å². The van der Waals surface area contributed by atoms with E-state index in [4.69, 9.17) is 17.3 Å². The van der Waals surface area contributed by atoms with Crippen LogP contribution in [0.2, 0.25) is 5.02 Å². The number of hydrogen-bond donors (Lipinski definition) is 3. The average Bonchev–Trinajstić information content (AvgIpc) is 3.23. The molecule has 0 radical (unpaired) electrons. The van der Waals surface area contributed by atoms with Gasteiger partial charge in [0.25, 0.3) is 5.91 Å². The fraction of sp³-hybridized carbons (Fsp3) is 0.333. The van der Waals surface area contributed by atoms with Crippen molar-refractivity contribution in [3.63, 3.8) is 0 Å². The first kappa shape index (κ1) is 19.4. The molecule has 6 heteroatoms. The summed E-state index contributed by atoms with van der Waals surface area (Å²) in [6.07, 6.45) is 3.99. The number of nitrogens with one attached hydrogen (secondary N) is 2. The Morgan fingerprint density at radius 2 is 1.70 bits per heavy atom. The van der Waals surface area contributed by atoms with Crippen molar-refractivity contribution in [3.05, 3.63) is 64.2 Å². The number of benzene rings is 2. The zero-order valence-electron chi connectivity index (χ0n) is 15.1. The Hall–Kier alpha value is -2.37. The molecule has 3 rings (SSSR count). The van der Waals surface area contributed by atoms with E-state index in [2.05, 4.69) is 10.6 Å². The van der Waals surface area contributed by atoms with Crippen LogP contribution in [0.1, 0.15) is 47.2 Å². The number of hydrogen-bond acceptors (Lipinski definition) is 3. The predicted octanol–water partition coefficient (Wildman–Crippen LogP) is 3.86. The molecule has 5 nitrogen and oxygen atoms in total. The van der Waals surface area contributed by atoms with Crippen molar-refractivity contribution < 1.29 is 9.59 Å². The van der Waals surface area contributed by atoms with Crippen LogP contribution in [-0.4, -0.2) is 11.8 Å². The van der Waals surface area contributed by atoms with Crippen LogP contribution in [0.15, 0.2) is 42.5 Å². The Bertz CT molecular complexity index is 815. The molecule has 0 spiro atoms. The van der Waals surface area contributed by atoms with Crippen molar-refractivity contribution in [1.29, 1.82) is 0 Å². The van der Waals surface area contributed by atoms with Crippen LogP contribution in [0.3, 0.4) is 0 Å². The van der Waals surface area contributed by atoms with Crippen LogP contribution in [0.5, 0.6) is 0 Å². The van der Waals surface area contributed by atoms with Crippen molar-refractivity contribution in [1.82, 2.24) is 5.32 Å². The summed E-state index contributed by atoms with van der Waals surface area (Å²) in [5.74, 6) is -0.201. The van der Waals surface area contributed by atoms with Crippen molar-refractivity contribution >= 4 is 29.1 Å². The van der Waals surface area contributed by atoms with Gasteiger partial charge in [0.2, 0.25) is 5.91 Å². The maximum atomic E-state index is 12.5. The topological polar surface area (TPSA) is 84.2 Å². The molecule has 1 aliphatic rings. The third kappa shape index (κ3) is 5.08. The molecule has 0 atom stereocenters. The van der Waals surface area contributed by atoms with Crippen LogP contribution >= 0.6 is 11.6 Å². The normalized spacial score (nSPS) is 14.1. The molecule has 2 aromatic rings. The quantitative estimate of drug-likeness (QED) is 0.705. The van der Waals surface area contributed by atoms with E-state index in [-0.39, 0.29) is 17.7 Å². The molecule has 0 aromatic heterocycles. The number of anilines is 1. The second-order valence-electron chi connectivity index (χ2n) is 6.87. The molecular formula is C21H24ClN3O2. The van der Waals surface area contributed by atoms with Crippen LogP contribution in [0, 0.1) is 5.92 Å². The molecule has 0 saturated heterocycles. The molecule has 4 N–H and O–H groups in total.